The minimum Gasteiger partial charge on any atom is -0.507 e. The van der Waals surface area contributed by atoms with Gasteiger partial charge in [-0.05, 0) is 57.0 Å². The number of nitrogens with zero attached hydrogens (tertiary/aromatic N) is 2. The predicted octanol–water partition coefficient (Wildman–Crippen LogP) is 4.28. The lowest BCUT2D eigenvalue weighted by atomic mass is 9.91. The maximum atomic E-state index is 13.8. The van der Waals surface area contributed by atoms with Gasteiger partial charge in [0, 0.05) is 5.69 Å². The number of benzene rings is 2. The number of ether oxygens (including phenoxy) is 1. The SMILES string of the molecule is CCOC(=O)C1CCN([C@@H](c2ccccc2)c2c(O)cc(C)n(Cc3ccccc3)c2=O)CC1. The zero-order chi connectivity index (χ0) is 24.1. The quantitative estimate of drug-likeness (QED) is 0.533. The van der Waals surface area contributed by atoms with Gasteiger partial charge in [-0.2, -0.15) is 0 Å². The molecule has 6 heteroatoms. The number of likely N-dealkylation sites (tertiary alicyclic amines) is 1. The maximum Gasteiger partial charge on any atom is 0.309 e. The third-order valence-electron chi connectivity index (χ3n) is 6.61. The Morgan fingerprint density at radius 2 is 1.68 bits per heavy atom. The number of carbonyl (C=O) groups is 1. The van der Waals surface area contributed by atoms with Crippen molar-refractivity contribution in [2.75, 3.05) is 19.7 Å². The Balaban J connectivity index is 1.72. The second-order valence-electron chi connectivity index (χ2n) is 8.84. The zero-order valence-corrected chi connectivity index (χ0v) is 19.8. The molecule has 1 saturated heterocycles. The number of piperidine rings is 1. The van der Waals surface area contributed by atoms with Crippen molar-refractivity contribution in [3.63, 3.8) is 0 Å². The van der Waals surface area contributed by atoms with Gasteiger partial charge in [-0.15, -0.1) is 0 Å². The fraction of sp³-hybridized carbons (Fsp3) is 0.357. The fourth-order valence-electron chi connectivity index (χ4n) is 4.84. The minimum absolute atomic E-state index is 0.00757. The highest BCUT2D eigenvalue weighted by molar-refractivity contribution is 5.72. The van der Waals surface area contributed by atoms with Gasteiger partial charge in [0.15, 0.2) is 0 Å². The van der Waals surface area contributed by atoms with Crippen molar-refractivity contribution in [1.82, 2.24) is 9.47 Å². The third-order valence-corrected chi connectivity index (χ3v) is 6.61. The van der Waals surface area contributed by atoms with E-state index in [1.165, 1.54) is 0 Å². The van der Waals surface area contributed by atoms with Crippen LogP contribution in [0.25, 0.3) is 0 Å². The fourth-order valence-corrected chi connectivity index (χ4v) is 4.84. The molecule has 1 N–H and O–H groups in total. The molecule has 0 radical (unpaired) electrons. The first-order valence-electron chi connectivity index (χ1n) is 11.9. The van der Waals surface area contributed by atoms with Crippen molar-refractivity contribution in [3.8, 4) is 5.75 Å². The van der Waals surface area contributed by atoms with Gasteiger partial charge in [-0.1, -0.05) is 60.7 Å². The predicted molar refractivity (Wildman–Crippen MR) is 132 cm³/mol. The summed E-state index contributed by atoms with van der Waals surface area (Å²) in [4.78, 5) is 28.3. The summed E-state index contributed by atoms with van der Waals surface area (Å²) in [6.07, 6.45) is 1.32. The Bertz CT molecular complexity index is 1170. The summed E-state index contributed by atoms with van der Waals surface area (Å²) in [5.41, 5.74) is 2.86. The molecule has 0 amide bonds. The average Bonchev–Trinajstić information content (AvgIpc) is 2.86. The number of aryl methyl sites for hydroxylation is 1. The van der Waals surface area contributed by atoms with Crippen LogP contribution in [-0.2, 0) is 16.1 Å². The van der Waals surface area contributed by atoms with E-state index in [1.807, 2.05) is 74.5 Å². The molecule has 178 valence electrons. The Morgan fingerprint density at radius 3 is 2.29 bits per heavy atom. The first-order chi connectivity index (χ1) is 16.5. The molecule has 34 heavy (non-hydrogen) atoms. The Kier molecular flexibility index (Phi) is 7.48. The molecule has 1 aliphatic rings. The van der Waals surface area contributed by atoms with Gasteiger partial charge >= 0.3 is 5.97 Å². The summed E-state index contributed by atoms with van der Waals surface area (Å²) in [6.45, 7) is 5.74. The van der Waals surface area contributed by atoms with Crippen molar-refractivity contribution >= 4 is 5.97 Å². The first kappa shape index (κ1) is 23.8. The number of rotatable bonds is 7. The second-order valence-corrected chi connectivity index (χ2v) is 8.84. The maximum absolute atomic E-state index is 13.8. The standard InChI is InChI=1S/C28H32N2O4/c1-3-34-28(33)23-14-16-29(17-15-23)26(22-12-8-5-9-13-22)25-24(31)18-20(2)30(27(25)32)19-21-10-6-4-7-11-21/h4-13,18,23,26,31H,3,14-17,19H2,1-2H3/t26-/m0/s1. The molecule has 3 aromatic rings. The largest absolute Gasteiger partial charge is 0.507 e. The highest BCUT2D eigenvalue weighted by atomic mass is 16.5. The average molecular weight is 461 g/mol. The highest BCUT2D eigenvalue weighted by Crippen LogP contribution is 2.35. The number of aromatic nitrogens is 1. The molecular weight excluding hydrogens is 428 g/mol. The number of hydrogen-bond acceptors (Lipinski definition) is 5. The molecule has 0 saturated carbocycles. The summed E-state index contributed by atoms with van der Waals surface area (Å²) in [7, 11) is 0. The Hall–Kier alpha value is -3.38. The van der Waals surface area contributed by atoms with E-state index >= 15 is 0 Å². The molecule has 1 fully saturated rings. The molecule has 6 nitrogen and oxygen atoms in total. The number of pyridine rings is 1. The van der Waals surface area contributed by atoms with E-state index in [0.29, 0.717) is 50.3 Å². The normalized spacial score (nSPS) is 15.7. The molecule has 1 aromatic heterocycles. The van der Waals surface area contributed by atoms with Crippen LogP contribution < -0.4 is 5.56 Å². The monoisotopic (exact) mass is 460 g/mol. The van der Waals surface area contributed by atoms with Crippen LogP contribution in [0.4, 0.5) is 0 Å². The van der Waals surface area contributed by atoms with E-state index in [4.69, 9.17) is 4.74 Å². The lowest BCUT2D eigenvalue weighted by Crippen LogP contribution is -2.42. The molecule has 1 aliphatic heterocycles. The van der Waals surface area contributed by atoms with Crippen LogP contribution >= 0.6 is 0 Å². The van der Waals surface area contributed by atoms with E-state index in [2.05, 4.69) is 4.90 Å². The summed E-state index contributed by atoms with van der Waals surface area (Å²) in [5.74, 6) is -0.274. The second kappa shape index (κ2) is 10.7. The number of carbonyl (C=O) groups excluding carboxylic acids is 1. The Labute approximate surface area is 200 Å². The molecule has 0 bridgehead atoms. The van der Waals surface area contributed by atoms with Gasteiger partial charge in [-0.25, -0.2) is 0 Å². The zero-order valence-electron chi connectivity index (χ0n) is 19.8. The number of hydrogen-bond donors (Lipinski definition) is 1. The third kappa shape index (κ3) is 5.07. The first-order valence-corrected chi connectivity index (χ1v) is 11.9. The van der Waals surface area contributed by atoms with Crippen LogP contribution in [0.3, 0.4) is 0 Å². The van der Waals surface area contributed by atoms with E-state index in [1.54, 1.807) is 10.6 Å². The van der Waals surface area contributed by atoms with E-state index in [0.717, 1.165) is 11.1 Å². The molecule has 2 heterocycles. The van der Waals surface area contributed by atoms with Crippen LogP contribution in [0.5, 0.6) is 5.75 Å². The van der Waals surface area contributed by atoms with Crippen LogP contribution in [0.2, 0.25) is 0 Å². The smallest absolute Gasteiger partial charge is 0.309 e. The van der Waals surface area contributed by atoms with Crippen LogP contribution in [-0.4, -0.2) is 40.2 Å². The van der Waals surface area contributed by atoms with E-state index in [-0.39, 0.29) is 23.2 Å². The van der Waals surface area contributed by atoms with Crippen LogP contribution in [0.1, 0.15) is 48.2 Å². The molecule has 0 unspecified atom stereocenters. The summed E-state index contributed by atoms with van der Waals surface area (Å²) >= 11 is 0. The number of esters is 1. The van der Waals surface area contributed by atoms with Gasteiger partial charge in [0.25, 0.3) is 5.56 Å². The molecule has 0 aliphatic carbocycles. The topological polar surface area (TPSA) is 71.8 Å². The van der Waals surface area contributed by atoms with Gasteiger partial charge in [-0.3, -0.25) is 14.5 Å². The molecule has 1 atom stereocenters. The lowest BCUT2D eigenvalue weighted by Gasteiger charge is -2.37. The lowest BCUT2D eigenvalue weighted by molar-refractivity contribution is -0.149. The van der Waals surface area contributed by atoms with Crippen molar-refractivity contribution in [1.29, 1.82) is 0 Å². The Morgan fingerprint density at radius 1 is 1.06 bits per heavy atom. The van der Waals surface area contributed by atoms with Crippen molar-refractivity contribution in [3.05, 3.63) is 99.5 Å². The van der Waals surface area contributed by atoms with E-state index in [9.17, 15) is 14.7 Å². The van der Waals surface area contributed by atoms with Crippen LogP contribution in [0, 0.1) is 12.8 Å². The summed E-state index contributed by atoms with van der Waals surface area (Å²) < 4.78 is 6.95. The van der Waals surface area contributed by atoms with Crippen molar-refractivity contribution < 1.29 is 14.6 Å². The molecule has 0 spiro atoms. The van der Waals surface area contributed by atoms with Gasteiger partial charge in [0.1, 0.15) is 5.75 Å². The molecule has 2 aromatic carbocycles. The van der Waals surface area contributed by atoms with E-state index < -0.39 is 6.04 Å². The van der Waals surface area contributed by atoms with Gasteiger partial charge in [0.2, 0.25) is 0 Å². The van der Waals surface area contributed by atoms with Crippen LogP contribution in [0.15, 0.2) is 71.5 Å². The van der Waals surface area contributed by atoms with Gasteiger partial charge in [0.05, 0.1) is 30.7 Å². The number of aromatic hydroxyl groups is 1. The van der Waals surface area contributed by atoms with Gasteiger partial charge < -0.3 is 14.4 Å². The van der Waals surface area contributed by atoms with Crippen molar-refractivity contribution in [2.45, 2.75) is 39.3 Å². The molecular formula is C28H32N2O4. The molecule has 4 rings (SSSR count). The summed E-state index contributed by atoms with van der Waals surface area (Å²) in [6, 6.07) is 20.9. The minimum atomic E-state index is -0.403. The summed E-state index contributed by atoms with van der Waals surface area (Å²) in [5, 5.41) is 11.0. The highest BCUT2D eigenvalue weighted by Gasteiger charge is 2.34. The van der Waals surface area contributed by atoms with Crippen molar-refractivity contribution in [2.24, 2.45) is 5.92 Å².